The quantitative estimate of drug-likeness (QED) is 0.907. The van der Waals surface area contributed by atoms with Gasteiger partial charge in [0, 0.05) is 19.1 Å². The first-order chi connectivity index (χ1) is 8.22. The summed E-state index contributed by atoms with van der Waals surface area (Å²) in [5.74, 6) is 0.0375. The van der Waals surface area contributed by atoms with Gasteiger partial charge in [0.2, 0.25) is 0 Å². The van der Waals surface area contributed by atoms with Crippen LogP contribution in [0, 0.1) is 0 Å². The molecule has 3 nitrogen and oxygen atoms in total. The molecule has 18 heavy (non-hydrogen) atoms. The number of hydrogen-bond acceptors (Lipinski definition) is 2. The molecule has 1 atom stereocenters. The lowest BCUT2D eigenvalue weighted by Gasteiger charge is -2.32. The molecular formula is C13H18Cl2N2O. The lowest BCUT2D eigenvalue weighted by molar-refractivity contribution is 0.0698. The van der Waals surface area contributed by atoms with Gasteiger partial charge in [0.1, 0.15) is 0 Å². The summed E-state index contributed by atoms with van der Waals surface area (Å²) in [4.78, 5) is 14.2. The molecule has 1 aliphatic heterocycles. The maximum atomic E-state index is 12.3. The summed E-state index contributed by atoms with van der Waals surface area (Å²) in [5, 5.41) is 3.76. The van der Waals surface area contributed by atoms with Crippen molar-refractivity contribution in [2.45, 2.75) is 18.9 Å². The van der Waals surface area contributed by atoms with Crippen molar-refractivity contribution in [3.05, 3.63) is 34.9 Å². The zero-order chi connectivity index (χ0) is 12.3. The Morgan fingerprint density at radius 2 is 2.17 bits per heavy atom. The predicted molar refractivity (Wildman–Crippen MR) is 76.7 cm³/mol. The van der Waals surface area contributed by atoms with Gasteiger partial charge in [-0.15, -0.1) is 12.4 Å². The van der Waals surface area contributed by atoms with Gasteiger partial charge in [0.25, 0.3) is 5.91 Å². The molecule has 1 N–H and O–H groups in total. The van der Waals surface area contributed by atoms with Crippen LogP contribution in [-0.2, 0) is 0 Å². The molecule has 0 saturated carbocycles. The number of amides is 1. The molecule has 1 aliphatic rings. The van der Waals surface area contributed by atoms with E-state index in [4.69, 9.17) is 11.6 Å². The second kappa shape index (κ2) is 6.98. The van der Waals surface area contributed by atoms with E-state index in [-0.39, 0.29) is 18.3 Å². The maximum Gasteiger partial charge on any atom is 0.255 e. The smallest absolute Gasteiger partial charge is 0.255 e. The number of rotatable bonds is 2. The third kappa shape index (κ3) is 3.37. The van der Waals surface area contributed by atoms with Crippen LogP contribution in [-0.4, -0.2) is 37.0 Å². The van der Waals surface area contributed by atoms with E-state index in [1.54, 1.807) is 12.1 Å². The van der Waals surface area contributed by atoms with Gasteiger partial charge >= 0.3 is 0 Å². The van der Waals surface area contributed by atoms with Crippen LogP contribution in [0.4, 0.5) is 0 Å². The number of hydrogen-bond donors (Lipinski definition) is 1. The summed E-state index contributed by atoms with van der Waals surface area (Å²) in [6.07, 6.45) is 2.17. The number of carbonyl (C=O) groups excluding carboxylic acids is 1. The van der Waals surface area contributed by atoms with Crippen molar-refractivity contribution in [1.82, 2.24) is 10.2 Å². The number of halogens is 2. The highest BCUT2D eigenvalue weighted by atomic mass is 35.5. The van der Waals surface area contributed by atoms with Gasteiger partial charge in [-0.25, -0.2) is 0 Å². The second-order valence-electron chi connectivity index (χ2n) is 4.36. The fourth-order valence-electron chi connectivity index (χ4n) is 2.20. The number of nitrogens with zero attached hydrogens (tertiary/aromatic N) is 1. The van der Waals surface area contributed by atoms with Crippen LogP contribution in [0.15, 0.2) is 24.3 Å². The first-order valence-electron chi connectivity index (χ1n) is 5.93. The van der Waals surface area contributed by atoms with E-state index < -0.39 is 0 Å². The minimum Gasteiger partial charge on any atom is -0.337 e. The largest absolute Gasteiger partial charge is 0.337 e. The van der Waals surface area contributed by atoms with E-state index in [9.17, 15) is 4.79 Å². The number of piperidine rings is 1. The average Bonchev–Trinajstić information content (AvgIpc) is 2.38. The van der Waals surface area contributed by atoms with Crippen molar-refractivity contribution in [2.75, 3.05) is 20.1 Å². The van der Waals surface area contributed by atoms with Crippen molar-refractivity contribution < 1.29 is 4.79 Å². The van der Waals surface area contributed by atoms with Crippen molar-refractivity contribution in [3.8, 4) is 0 Å². The standard InChI is InChI=1S/C13H17ClN2O.ClH/c1-15-10-5-4-8-16(9-10)13(17)11-6-2-3-7-12(11)14;/h2-3,6-7,10,15H,4-5,8-9H2,1H3;1H/t10-;/m1./s1. The molecular weight excluding hydrogens is 271 g/mol. The second-order valence-corrected chi connectivity index (χ2v) is 4.77. The van der Waals surface area contributed by atoms with Crippen molar-refractivity contribution in [3.63, 3.8) is 0 Å². The van der Waals surface area contributed by atoms with Crippen LogP contribution in [0.3, 0.4) is 0 Å². The topological polar surface area (TPSA) is 32.3 Å². The Balaban J connectivity index is 0.00000162. The number of carbonyl (C=O) groups is 1. The zero-order valence-electron chi connectivity index (χ0n) is 10.4. The predicted octanol–water partition coefficient (Wildman–Crippen LogP) is 2.59. The molecule has 0 unspecified atom stereocenters. The molecule has 1 aromatic carbocycles. The van der Waals surface area contributed by atoms with Gasteiger partial charge in [0.15, 0.2) is 0 Å². The first kappa shape index (κ1) is 15.3. The minimum atomic E-state index is 0. The molecule has 100 valence electrons. The van der Waals surface area contributed by atoms with Crippen molar-refractivity contribution in [2.24, 2.45) is 0 Å². The highest BCUT2D eigenvalue weighted by Crippen LogP contribution is 2.19. The summed E-state index contributed by atoms with van der Waals surface area (Å²) in [6, 6.07) is 7.63. The minimum absolute atomic E-state index is 0. The number of benzene rings is 1. The summed E-state index contributed by atoms with van der Waals surface area (Å²) in [7, 11) is 1.94. The fourth-order valence-corrected chi connectivity index (χ4v) is 2.42. The molecule has 0 bridgehead atoms. The van der Waals surface area contributed by atoms with Crippen LogP contribution in [0.5, 0.6) is 0 Å². The highest BCUT2D eigenvalue weighted by Gasteiger charge is 2.24. The Bertz CT molecular complexity index is 412. The van der Waals surface area contributed by atoms with E-state index in [0.717, 1.165) is 25.9 Å². The summed E-state index contributed by atoms with van der Waals surface area (Å²) in [6.45, 7) is 1.59. The molecule has 0 aliphatic carbocycles. The Morgan fingerprint density at radius 1 is 1.44 bits per heavy atom. The fraction of sp³-hybridized carbons (Fsp3) is 0.462. The van der Waals surface area contributed by atoms with Gasteiger partial charge in [-0.3, -0.25) is 4.79 Å². The van der Waals surface area contributed by atoms with Gasteiger partial charge in [-0.2, -0.15) is 0 Å². The highest BCUT2D eigenvalue weighted by molar-refractivity contribution is 6.33. The molecule has 1 heterocycles. The first-order valence-corrected chi connectivity index (χ1v) is 6.31. The van der Waals surface area contributed by atoms with Crippen LogP contribution < -0.4 is 5.32 Å². The lowest BCUT2D eigenvalue weighted by atomic mass is 10.0. The number of nitrogens with one attached hydrogen (secondary N) is 1. The number of likely N-dealkylation sites (N-methyl/N-ethyl adjacent to an activating group) is 1. The van der Waals surface area contributed by atoms with E-state index in [2.05, 4.69) is 5.32 Å². The van der Waals surface area contributed by atoms with Crippen molar-refractivity contribution in [1.29, 1.82) is 0 Å². The van der Waals surface area contributed by atoms with E-state index in [0.29, 0.717) is 16.6 Å². The molecule has 2 rings (SSSR count). The lowest BCUT2D eigenvalue weighted by Crippen LogP contribution is -2.47. The van der Waals surface area contributed by atoms with Gasteiger partial charge in [0.05, 0.1) is 10.6 Å². The van der Waals surface area contributed by atoms with Crippen LogP contribution in [0.2, 0.25) is 5.02 Å². The van der Waals surface area contributed by atoms with Crippen LogP contribution in [0.25, 0.3) is 0 Å². The van der Waals surface area contributed by atoms with Crippen molar-refractivity contribution >= 4 is 29.9 Å². The Morgan fingerprint density at radius 3 is 2.83 bits per heavy atom. The Labute approximate surface area is 119 Å². The average molecular weight is 289 g/mol. The van der Waals surface area contributed by atoms with E-state index >= 15 is 0 Å². The molecule has 1 amide bonds. The molecule has 0 aromatic heterocycles. The Hall–Kier alpha value is -0.770. The van der Waals surface area contributed by atoms with E-state index in [1.165, 1.54) is 0 Å². The summed E-state index contributed by atoms with van der Waals surface area (Å²) >= 11 is 6.05. The SMILES string of the molecule is CN[C@@H]1CCCN(C(=O)c2ccccc2Cl)C1.Cl. The monoisotopic (exact) mass is 288 g/mol. The van der Waals surface area contributed by atoms with Crippen LogP contribution >= 0.6 is 24.0 Å². The van der Waals surface area contributed by atoms with Gasteiger partial charge in [-0.05, 0) is 32.0 Å². The molecule has 1 fully saturated rings. The van der Waals surface area contributed by atoms with Gasteiger partial charge in [-0.1, -0.05) is 23.7 Å². The maximum absolute atomic E-state index is 12.3. The summed E-state index contributed by atoms with van der Waals surface area (Å²) < 4.78 is 0. The zero-order valence-corrected chi connectivity index (χ0v) is 11.9. The molecule has 0 spiro atoms. The third-order valence-electron chi connectivity index (χ3n) is 3.22. The molecule has 1 saturated heterocycles. The Kier molecular flexibility index (Phi) is 5.93. The summed E-state index contributed by atoms with van der Waals surface area (Å²) in [5.41, 5.74) is 0.603. The molecule has 1 aromatic rings. The molecule has 5 heteroatoms. The normalized spacial score (nSPS) is 19.2. The van der Waals surface area contributed by atoms with Crippen LogP contribution in [0.1, 0.15) is 23.2 Å². The number of likely N-dealkylation sites (tertiary alicyclic amines) is 1. The van der Waals surface area contributed by atoms with E-state index in [1.807, 2.05) is 24.1 Å². The molecule has 0 radical (unpaired) electrons. The third-order valence-corrected chi connectivity index (χ3v) is 3.55. The van der Waals surface area contributed by atoms with Gasteiger partial charge < -0.3 is 10.2 Å².